The van der Waals surface area contributed by atoms with Crippen LogP contribution in [0, 0.1) is 0 Å². The Morgan fingerprint density at radius 1 is 1.31 bits per heavy atom. The van der Waals surface area contributed by atoms with Gasteiger partial charge in [0.1, 0.15) is 17.8 Å². The van der Waals surface area contributed by atoms with Crippen LogP contribution in [0.5, 0.6) is 5.75 Å². The molecule has 29 heavy (non-hydrogen) atoms. The van der Waals surface area contributed by atoms with Crippen LogP contribution in [0.25, 0.3) is 0 Å². The topological polar surface area (TPSA) is 113 Å². The van der Waals surface area contributed by atoms with Gasteiger partial charge in [0.2, 0.25) is 5.91 Å². The Kier molecular flexibility index (Phi) is 5.57. The number of sulfone groups is 1. The standard InChI is InChI=1S/C19H25N3O6S/c1-4-19(13-5-7-15(28-3)8-6-13)17(24)22(18(25)20-19)11-16(23)21(2)14-9-10-29(26,27)12-14/h5-8,14H,4,9-12H2,1-3H3,(H,20,25)/t14-,19-/m0/s1. The number of hydrogen-bond acceptors (Lipinski definition) is 6. The molecule has 1 N–H and O–H groups in total. The van der Waals surface area contributed by atoms with Crippen molar-refractivity contribution in [2.45, 2.75) is 31.3 Å². The first-order valence-corrected chi connectivity index (χ1v) is 11.2. The maximum absolute atomic E-state index is 13.2. The number of ether oxygens (including phenoxy) is 1. The van der Waals surface area contributed by atoms with Gasteiger partial charge in [-0.15, -0.1) is 0 Å². The largest absolute Gasteiger partial charge is 0.497 e. The molecule has 0 bridgehead atoms. The van der Waals surface area contributed by atoms with Crippen LogP contribution < -0.4 is 10.1 Å². The molecule has 0 saturated carbocycles. The minimum absolute atomic E-state index is 0.0365. The quantitative estimate of drug-likeness (QED) is 0.667. The molecule has 2 aliphatic rings. The average molecular weight is 423 g/mol. The summed E-state index contributed by atoms with van der Waals surface area (Å²) >= 11 is 0. The molecule has 9 nitrogen and oxygen atoms in total. The van der Waals surface area contributed by atoms with Crippen molar-refractivity contribution < 1.29 is 27.5 Å². The molecule has 10 heteroatoms. The minimum atomic E-state index is -3.15. The molecule has 0 spiro atoms. The van der Waals surface area contributed by atoms with Crippen LogP contribution in [0.15, 0.2) is 24.3 Å². The number of methoxy groups -OCH3 is 1. The number of amides is 4. The summed E-state index contributed by atoms with van der Waals surface area (Å²) in [7, 11) is -0.114. The van der Waals surface area contributed by atoms with Crippen LogP contribution in [0.1, 0.15) is 25.3 Å². The highest BCUT2D eigenvalue weighted by Gasteiger charge is 2.52. The molecule has 2 saturated heterocycles. The number of likely N-dealkylation sites (N-methyl/N-ethyl adjacent to an activating group) is 1. The molecule has 0 aliphatic carbocycles. The Balaban J connectivity index is 1.77. The number of carbonyl (C=O) groups is 3. The second-order valence-corrected chi connectivity index (χ2v) is 9.60. The lowest BCUT2D eigenvalue weighted by Crippen LogP contribution is -2.47. The van der Waals surface area contributed by atoms with Crippen molar-refractivity contribution in [3.05, 3.63) is 29.8 Å². The van der Waals surface area contributed by atoms with Gasteiger partial charge in [0.15, 0.2) is 9.84 Å². The number of hydrogen-bond donors (Lipinski definition) is 1. The lowest BCUT2D eigenvalue weighted by Gasteiger charge is -2.27. The third kappa shape index (κ3) is 3.81. The van der Waals surface area contributed by atoms with Crippen molar-refractivity contribution in [1.29, 1.82) is 0 Å². The third-order valence-electron chi connectivity index (χ3n) is 5.73. The third-order valence-corrected chi connectivity index (χ3v) is 7.48. The first-order valence-electron chi connectivity index (χ1n) is 9.38. The van der Waals surface area contributed by atoms with E-state index in [2.05, 4.69) is 5.32 Å². The zero-order valence-corrected chi connectivity index (χ0v) is 17.5. The number of benzene rings is 1. The van der Waals surface area contributed by atoms with Crippen LogP contribution in [-0.2, 0) is 25.0 Å². The van der Waals surface area contributed by atoms with Crippen LogP contribution in [0.3, 0.4) is 0 Å². The lowest BCUT2D eigenvalue weighted by atomic mass is 9.87. The van der Waals surface area contributed by atoms with Gasteiger partial charge in [-0.1, -0.05) is 19.1 Å². The van der Waals surface area contributed by atoms with Gasteiger partial charge in [-0.3, -0.25) is 14.5 Å². The Hall–Kier alpha value is -2.62. The van der Waals surface area contributed by atoms with E-state index in [4.69, 9.17) is 4.74 Å². The van der Waals surface area contributed by atoms with Gasteiger partial charge in [0, 0.05) is 13.1 Å². The van der Waals surface area contributed by atoms with Gasteiger partial charge in [-0.25, -0.2) is 13.2 Å². The fraction of sp³-hybridized carbons (Fsp3) is 0.526. The highest BCUT2D eigenvalue weighted by molar-refractivity contribution is 7.91. The van der Waals surface area contributed by atoms with E-state index in [1.165, 1.54) is 19.1 Å². The average Bonchev–Trinajstić information content (AvgIpc) is 3.19. The molecular weight excluding hydrogens is 398 g/mol. The SMILES string of the molecule is CC[C@@]1(c2ccc(OC)cc2)NC(=O)N(CC(=O)N(C)[C@H]2CCS(=O)(=O)C2)C1=O. The number of urea groups is 1. The summed E-state index contributed by atoms with van der Waals surface area (Å²) in [5.74, 6) is -0.417. The molecule has 2 atom stereocenters. The second kappa shape index (κ2) is 7.66. The summed E-state index contributed by atoms with van der Waals surface area (Å²) in [5, 5.41) is 2.73. The Bertz CT molecular complexity index is 930. The second-order valence-electron chi connectivity index (χ2n) is 7.37. The lowest BCUT2D eigenvalue weighted by molar-refractivity contribution is -0.139. The molecule has 0 radical (unpaired) electrons. The van der Waals surface area contributed by atoms with E-state index in [1.54, 1.807) is 31.2 Å². The van der Waals surface area contributed by atoms with Gasteiger partial charge in [-0.05, 0) is 30.5 Å². The van der Waals surface area contributed by atoms with Crippen LogP contribution in [-0.4, -0.2) is 74.3 Å². The zero-order chi connectivity index (χ0) is 21.4. The van der Waals surface area contributed by atoms with Gasteiger partial charge >= 0.3 is 6.03 Å². The molecule has 0 unspecified atom stereocenters. The van der Waals surface area contributed by atoms with E-state index in [1.807, 2.05) is 0 Å². The number of carbonyl (C=O) groups excluding carboxylic acids is 3. The molecule has 1 aromatic rings. The summed E-state index contributed by atoms with van der Waals surface area (Å²) in [6.45, 7) is 1.35. The fourth-order valence-corrected chi connectivity index (χ4v) is 5.59. The fourth-order valence-electron chi connectivity index (χ4n) is 3.82. The first-order chi connectivity index (χ1) is 13.6. The van der Waals surface area contributed by atoms with E-state index in [9.17, 15) is 22.8 Å². The van der Waals surface area contributed by atoms with E-state index < -0.39 is 45.8 Å². The Labute approximate surface area is 169 Å². The van der Waals surface area contributed by atoms with Gasteiger partial charge < -0.3 is 15.0 Å². The molecular formula is C19H25N3O6S. The predicted molar refractivity (Wildman–Crippen MR) is 105 cm³/mol. The highest BCUT2D eigenvalue weighted by atomic mass is 32.2. The zero-order valence-electron chi connectivity index (χ0n) is 16.7. The summed E-state index contributed by atoms with van der Waals surface area (Å²) < 4.78 is 28.5. The van der Waals surface area contributed by atoms with Crippen molar-refractivity contribution >= 4 is 27.7 Å². The van der Waals surface area contributed by atoms with Crippen LogP contribution in [0.4, 0.5) is 4.79 Å². The first kappa shape index (κ1) is 21.1. The summed E-state index contributed by atoms with van der Waals surface area (Å²) in [4.78, 5) is 40.6. The number of nitrogens with one attached hydrogen (secondary N) is 1. The van der Waals surface area contributed by atoms with Gasteiger partial charge in [-0.2, -0.15) is 0 Å². The maximum Gasteiger partial charge on any atom is 0.325 e. The Morgan fingerprint density at radius 3 is 2.48 bits per heavy atom. The molecule has 2 heterocycles. The van der Waals surface area contributed by atoms with E-state index >= 15 is 0 Å². The van der Waals surface area contributed by atoms with E-state index in [0.29, 0.717) is 24.2 Å². The van der Waals surface area contributed by atoms with Crippen LogP contribution in [0.2, 0.25) is 0 Å². The van der Waals surface area contributed by atoms with Crippen LogP contribution >= 0.6 is 0 Å². The molecule has 3 rings (SSSR count). The molecule has 2 aliphatic heterocycles. The molecule has 4 amide bonds. The smallest absolute Gasteiger partial charge is 0.325 e. The number of imide groups is 1. The van der Waals surface area contributed by atoms with Gasteiger partial charge in [0.25, 0.3) is 5.91 Å². The van der Waals surface area contributed by atoms with E-state index in [0.717, 1.165) is 4.90 Å². The predicted octanol–water partition coefficient (Wildman–Crippen LogP) is 0.498. The molecule has 2 fully saturated rings. The normalized spacial score (nSPS) is 25.8. The van der Waals surface area contributed by atoms with Crippen molar-refractivity contribution in [1.82, 2.24) is 15.1 Å². The maximum atomic E-state index is 13.2. The van der Waals surface area contributed by atoms with Gasteiger partial charge in [0.05, 0.1) is 18.6 Å². The Morgan fingerprint density at radius 2 is 1.97 bits per heavy atom. The number of rotatable bonds is 6. The van der Waals surface area contributed by atoms with E-state index in [-0.39, 0.29) is 11.5 Å². The van der Waals surface area contributed by atoms with Crippen molar-refractivity contribution in [2.75, 3.05) is 32.2 Å². The summed E-state index contributed by atoms with van der Waals surface area (Å²) in [5.41, 5.74) is -0.650. The summed E-state index contributed by atoms with van der Waals surface area (Å²) in [6.07, 6.45) is 0.667. The minimum Gasteiger partial charge on any atom is -0.497 e. The highest BCUT2D eigenvalue weighted by Crippen LogP contribution is 2.33. The van der Waals surface area contributed by atoms with Crippen molar-refractivity contribution in [2.24, 2.45) is 0 Å². The van der Waals surface area contributed by atoms with Crippen molar-refractivity contribution in [3.8, 4) is 5.75 Å². The van der Waals surface area contributed by atoms with Crippen molar-refractivity contribution in [3.63, 3.8) is 0 Å². The monoisotopic (exact) mass is 423 g/mol. The molecule has 1 aromatic carbocycles. The molecule has 0 aromatic heterocycles. The number of nitrogens with zero attached hydrogens (tertiary/aromatic N) is 2. The molecule has 158 valence electrons. The summed E-state index contributed by atoms with van der Waals surface area (Å²) in [6, 6.07) is 5.74.